The van der Waals surface area contributed by atoms with E-state index >= 15 is 0 Å². The van der Waals surface area contributed by atoms with Crippen LogP contribution in [-0.2, 0) is 23.8 Å². The maximum Gasteiger partial charge on any atom is 0.331 e. The van der Waals surface area contributed by atoms with E-state index in [1.807, 2.05) is 6.92 Å². The summed E-state index contributed by atoms with van der Waals surface area (Å²) in [6, 6.07) is 6.35. The Morgan fingerprint density at radius 2 is 1.74 bits per heavy atom. The molecule has 0 fully saturated rings. The quantitative estimate of drug-likeness (QED) is 0.483. The Kier molecular flexibility index (Phi) is 7.63. The second-order valence-corrected chi connectivity index (χ2v) is 7.10. The van der Waals surface area contributed by atoms with E-state index in [4.69, 9.17) is 8.92 Å². The van der Waals surface area contributed by atoms with Gasteiger partial charge in [0.1, 0.15) is 11.7 Å². The fourth-order valence-electron chi connectivity index (χ4n) is 1.58. The summed E-state index contributed by atoms with van der Waals surface area (Å²) in [5.74, 6) is -0.546. The zero-order chi connectivity index (χ0) is 17.0. The molecule has 130 valence electrons. The molecule has 0 heterocycles. The van der Waals surface area contributed by atoms with Gasteiger partial charge in [-0.25, -0.2) is 4.79 Å². The van der Waals surface area contributed by atoms with Gasteiger partial charge in [0, 0.05) is 6.08 Å². The SMILES string of the molecule is CC=CC(=O)OC(C)(C)C(C)OS(=O)(=O)c1ccc(C)cc1.N. The fourth-order valence-corrected chi connectivity index (χ4v) is 2.77. The third kappa shape index (κ3) is 6.13. The van der Waals surface area contributed by atoms with Crippen LogP contribution in [0.1, 0.15) is 33.3 Å². The van der Waals surface area contributed by atoms with Crippen LogP contribution in [0.2, 0.25) is 0 Å². The van der Waals surface area contributed by atoms with Crippen LogP contribution in [0.15, 0.2) is 41.3 Å². The van der Waals surface area contributed by atoms with Crippen molar-refractivity contribution >= 4 is 16.1 Å². The highest BCUT2D eigenvalue weighted by Crippen LogP contribution is 2.23. The first kappa shape index (κ1) is 21.3. The Morgan fingerprint density at radius 1 is 1.22 bits per heavy atom. The molecule has 0 aromatic heterocycles. The zero-order valence-electron chi connectivity index (χ0n) is 14.2. The third-order valence-corrected chi connectivity index (χ3v) is 4.62. The Balaban J connectivity index is 0.00000484. The second-order valence-electron chi connectivity index (χ2n) is 5.53. The predicted molar refractivity (Wildman–Crippen MR) is 88.9 cm³/mol. The van der Waals surface area contributed by atoms with Gasteiger partial charge in [0.15, 0.2) is 0 Å². The topological polar surface area (TPSA) is 105 Å². The molecule has 0 spiro atoms. The summed E-state index contributed by atoms with van der Waals surface area (Å²) in [7, 11) is -3.92. The Bertz CT molecular complexity index is 648. The Hall–Kier alpha value is -1.70. The number of rotatable bonds is 6. The summed E-state index contributed by atoms with van der Waals surface area (Å²) in [5.41, 5.74) is -0.137. The van der Waals surface area contributed by atoms with Crippen molar-refractivity contribution in [2.45, 2.75) is 51.2 Å². The van der Waals surface area contributed by atoms with E-state index in [9.17, 15) is 13.2 Å². The number of carbonyl (C=O) groups is 1. The molecular formula is C16H25NO5S. The zero-order valence-corrected chi connectivity index (χ0v) is 15.0. The van der Waals surface area contributed by atoms with Crippen molar-refractivity contribution < 1.29 is 22.1 Å². The van der Waals surface area contributed by atoms with Crippen LogP contribution in [0, 0.1) is 6.92 Å². The standard InChI is InChI=1S/C16H22O5S.H3N/c1-6-7-15(17)20-16(4,5)13(3)21-22(18,19)14-10-8-12(2)9-11-14;/h6-11,13H,1-5H3;1H3. The van der Waals surface area contributed by atoms with Gasteiger partial charge in [0.2, 0.25) is 0 Å². The van der Waals surface area contributed by atoms with Crippen molar-refractivity contribution in [3.8, 4) is 0 Å². The second kappa shape index (κ2) is 8.24. The van der Waals surface area contributed by atoms with Crippen LogP contribution in [0.4, 0.5) is 0 Å². The van der Waals surface area contributed by atoms with E-state index in [2.05, 4.69) is 0 Å². The number of carbonyl (C=O) groups excluding carboxylic acids is 1. The molecule has 1 rings (SSSR count). The number of esters is 1. The molecule has 0 aliphatic heterocycles. The van der Waals surface area contributed by atoms with Crippen LogP contribution >= 0.6 is 0 Å². The van der Waals surface area contributed by atoms with Crippen molar-refractivity contribution in [3.63, 3.8) is 0 Å². The maximum absolute atomic E-state index is 12.2. The van der Waals surface area contributed by atoms with E-state index in [0.717, 1.165) is 5.56 Å². The molecule has 6 nitrogen and oxygen atoms in total. The number of hydrogen-bond donors (Lipinski definition) is 1. The van der Waals surface area contributed by atoms with E-state index in [1.54, 1.807) is 45.9 Å². The van der Waals surface area contributed by atoms with Crippen LogP contribution in [-0.4, -0.2) is 26.1 Å². The monoisotopic (exact) mass is 343 g/mol. The molecule has 0 saturated carbocycles. The van der Waals surface area contributed by atoms with Gasteiger partial charge in [-0.3, -0.25) is 4.18 Å². The lowest BCUT2D eigenvalue weighted by atomic mass is 10.0. The van der Waals surface area contributed by atoms with Crippen LogP contribution in [0.5, 0.6) is 0 Å². The number of aryl methyl sites for hydroxylation is 1. The van der Waals surface area contributed by atoms with Gasteiger partial charge in [-0.2, -0.15) is 8.42 Å². The minimum Gasteiger partial charge on any atom is -0.454 e. The molecule has 0 bridgehead atoms. The fraction of sp³-hybridized carbons (Fsp3) is 0.438. The van der Waals surface area contributed by atoms with E-state index in [-0.39, 0.29) is 11.0 Å². The van der Waals surface area contributed by atoms with Crippen molar-refractivity contribution in [2.24, 2.45) is 0 Å². The van der Waals surface area contributed by atoms with E-state index < -0.39 is 27.8 Å². The minimum atomic E-state index is -3.92. The molecule has 0 amide bonds. The van der Waals surface area contributed by atoms with Gasteiger partial charge >= 0.3 is 5.97 Å². The smallest absolute Gasteiger partial charge is 0.331 e. The van der Waals surface area contributed by atoms with Crippen LogP contribution in [0.3, 0.4) is 0 Å². The first-order valence-corrected chi connectivity index (χ1v) is 8.35. The number of benzene rings is 1. The summed E-state index contributed by atoms with van der Waals surface area (Å²) in [6.07, 6.45) is 1.98. The normalized spacial score (nSPS) is 13.4. The van der Waals surface area contributed by atoms with E-state index in [0.29, 0.717) is 0 Å². The van der Waals surface area contributed by atoms with Crippen LogP contribution < -0.4 is 6.15 Å². The van der Waals surface area contributed by atoms with Crippen molar-refractivity contribution in [3.05, 3.63) is 42.0 Å². The Morgan fingerprint density at radius 3 is 2.22 bits per heavy atom. The van der Waals surface area contributed by atoms with Crippen molar-refractivity contribution in [1.82, 2.24) is 6.15 Å². The van der Waals surface area contributed by atoms with Gasteiger partial charge in [0.05, 0.1) is 4.90 Å². The van der Waals surface area contributed by atoms with Crippen molar-refractivity contribution in [2.75, 3.05) is 0 Å². The summed E-state index contributed by atoms with van der Waals surface area (Å²) in [4.78, 5) is 11.6. The molecule has 23 heavy (non-hydrogen) atoms. The molecule has 1 aromatic carbocycles. The lowest BCUT2D eigenvalue weighted by Crippen LogP contribution is -2.41. The molecule has 1 unspecified atom stereocenters. The first-order valence-electron chi connectivity index (χ1n) is 6.94. The third-order valence-electron chi connectivity index (χ3n) is 3.23. The summed E-state index contributed by atoms with van der Waals surface area (Å²) >= 11 is 0. The average Bonchev–Trinajstić information content (AvgIpc) is 2.38. The lowest BCUT2D eigenvalue weighted by Gasteiger charge is -2.30. The molecule has 1 aromatic rings. The number of ether oxygens (including phenoxy) is 1. The highest BCUT2D eigenvalue weighted by molar-refractivity contribution is 7.86. The van der Waals surface area contributed by atoms with Gasteiger partial charge in [-0.05, 0) is 46.8 Å². The molecule has 0 saturated heterocycles. The largest absolute Gasteiger partial charge is 0.454 e. The summed E-state index contributed by atoms with van der Waals surface area (Å²) in [5, 5.41) is 0. The minimum absolute atomic E-state index is 0. The number of hydrogen-bond acceptors (Lipinski definition) is 6. The molecular weight excluding hydrogens is 318 g/mol. The number of allylic oxidation sites excluding steroid dienone is 1. The summed E-state index contributed by atoms with van der Waals surface area (Å²) < 4.78 is 34.9. The maximum atomic E-state index is 12.2. The lowest BCUT2D eigenvalue weighted by molar-refractivity contribution is -0.158. The predicted octanol–water partition coefficient (Wildman–Crippen LogP) is 3.15. The van der Waals surface area contributed by atoms with E-state index in [1.165, 1.54) is 18.2 Å². The highest BCUT2D eigenvalue weighted by Gasteiger charge is 2.34. The molecule has 0 aliphatic carbocycles. The van der Waals surface area contributed by atoms with Gasteiger partial charge in [-0.1, -0.05) is 23.8 Å². The molecule has 1 atom stereocenters. The average molecular weight is 343 g/mol. The molecule has 0 radical (unpaired) electrons. The molecule has 7 heteroatoms. The van der Waals surface area contributed by atoms with Gasteiger partial charge in [-0.15, -0.1) is 0 Å². The van der Waals surface area contributed by atoms with Crippen LogP contribution in [0.25, 0.3) is 0 Å². The first-order chi connectivity index (χ1) is 10.1. The Labute approximate surface area is 138 Å². The highest BCUT2D eigenvalue weighted by atomic mass is 32.2. The van der Waals surface area contributed by atoms with Crippen molar-refractivity contribution in [1.29, 1.82) is 0 Å². The summed E-state index contributed by atoms with van der Waals surface area (Å²) in [6.45, 7) is 8.31. The molecule has 0 aliphatic rings. The van der Waals surface area contributed by atoms with Gasteiger partial charge in [0.25, 0.3) is 10.1 Å². The van der Waals surface area contributed by atoms with Gasteiger partial charge < -0.3 is 10.9 Å². The molecule has 3 N–H and O–H groups in total.